The molecule has 1 unspecified atom stereocenters. The van der Waals surface area contributed by atoms with E-state index in [1.807, 2.05) is 25.7 Å². The molecule has 8 nitrogen and oxygen atoms in total. The normalized spacial score (nSPS) is 22.3. The van der Waals surface area contributed by atoms with Crippen molar-refractivity contribution in [1.82, 2.24) is 25.1 Å². The molecule has 1 amide bonds. The minimum Gasteiger partial charge on any atom is -0.382 e. The van der Waals surface area contributed by atoms with Gasteiger partial charge in [-0.15, -0.1) is 0 Å². The van der Waals surface area contributed by atoms with E-state index in [1.54, 1.807) is 6.07 Å². The Balaban J connectivity index is 1.70. The van der Waals surface area contributed by atoms with Crippen molar-refractivity contribution in [2.24, 2.45) is 0 Å². The van der Waals surface area contributed by atoms with Crippen LogP contribution in [0.4, 0.5) is 5.82 Å². The molecule has 144 valence electrons. The summed E-state index contributed by atoms with van der Waals surface area (Å²) in [5.74, 6) is 0.907. The standard InChI is InChI=1S/C19H26N6O2/c1-18(2,3)17-21-14-11(15(26)22-17)5-7-19(14)6-4-8-25(10-19)16(27)12-9-13(20)24-23-12/h9H,4-8,10H2,1-3H3,(H3,20,23,24)(H,21,22,26). The molecule has 2 aliphatic rings. The summed E-state index contributed by atoms with van der Waals surface area (Å²) in [4.78, 5) is 35.2. The third-order valence-corrected chi connectivity index (χ3v) is 5.77. The quantitative estimate of drug-likeness (QED) is 0.702. The summed E-state index contributed by atoms with van der Waals surface area (Å²) in [5.41, 5.74) is 7.18. The van der Waals surface area contributed by atoms with Crippen LogP contribution in [0, 0.1) is 0 Å². The van der Waals surface area contributed by atoms with Gasteiger partial charge < -0.3 is 15.6 Å². The average Bonchev–Trinajstić information content (AvgIpc) is 3.19. The van der Waals surface area contributed by atoms with Crippen molar-refractivity contribution in [1.29, 1.82) is 0 Å². The molecule has 0 bridgehead atoms. The number of carbonyl (C=O) groups excluding carboxylic acids is 1. The van der Waals surface area contributed by atoms with Gasteiger partial charge in [-0.2, -0.15) is 5.10 Å². The Labute approximate surface area is 157 Å². The van der Waals surface area contributed by atoms with Crippen LogP contribution in [0.3, 0.4) is 0 Å². The van der Waals surface area contributed by atoms with Crippen LogP contribution in [0.25, 0.3) is 0 Å². The molecule has 0 radical (unpaired) electrons. The van der Waals surface area contributed by atoms with Crippen molar-refractivity contribution >= 4 is 11.7 Å². The van der Waals surface area contributed by atoms with Crippen LogP contribution in [-0.2, 0) is 17.3 Å². The molecule has 1 spiro atoms. The number of nitrogens with two attached hydrogens (primary N) is 1. The number of rotatable bonds is 1. The first kappa shape index (κ1) is 17.8. The number of hydrogen-bond donors (Lipinski definition) is 3. The maximum atomic E-state index is 12.9. The Bertz CT molecular complexity index is 954. The number of likely N-dealkylation sites (tertiary alicyclic amines) is 1. The van der Waals surface area contributed by atoms with Crippen LogP contribution in [0.2, 0.25) is 0 Å². The number of fused-ring (bicyclic) bond motifs is 2. The first-order valence-corrected chi connectivity index (χ1v) is 9.44. The lowest BCUT2D eigenvalue weighted by Gasteiger charge is -2.40. The van der Waals surface area contributed by atoms with Gasteiger partial charge in [0.05, 0.1) is 5.69 Å². The summed E-state index contributed by atoms with van der Waals surface area (Å²) in [5, 5.41) is 6.56. The Kier molecular flexibility index (Phi) is 3.90. The number of nitrogens with zero attached hydrogens (tertiary/aromatic N) is 3. The molecule has 3 heterocycles. The number of anilines is 1. The Morgan fingerprint density at radius 1 is 1.33 bits per heavy atom. The van der Waals surface area contributed by atoms with Gasteiger partial charge in [0.25, 0.3) is 11.5 Å². The van der Waals surface area contributed by atoms with E-state index in [0.717, 1.165) is 30.5 Å². The van der Waals surface area contributed by atoms with Crippen LogP contribution in [0.15, 0.2) is 10.9 Å². The van der Waals surface area contributed by atoms with Crippen molar-refractivity contribution in [3.05, 3.63) is 39.2 Å². The maximum absolute atomic E-state index is 12.9. The lowest BCUT2D eigenvalue weighted by molar-refractivity contribution is 0.0627. The molecular formula is C19H26N6O2. The zero-order valence-electron chi connectivity index (χ0n) is 16.1. The van der Waals surface area contributed by atoms with Gasteiger partial charge in [0.2, 0.25) is 0 Å². The predicted molar refractivity (Wildman–Crippen MR) is 102 cm³/mol. The molecule has 1 atom stereocenters. The second kappa shape index (κ2) is 5.94. The van der Waals surface area contributed by atoms with Crippen molar-refractivity contribution in [2.45, 2.75) is 57.3 Å². The summed E-state index contributed by atoms with van der Waals surface area (Å²) in [6.45, 7) is 7.37. The first-order valence-electron chi connectivity index (χ1n) is 9.44. The highest BCUT2D eigenvalue weighted by molar-refractivity contribution is 5.93. The van der Waals surface area contributed by atoms with Gasteiger partial charge in [0.15, 0.2) is 0 Å². The lowest BCUT2D eigenvalue weighted by Crippen LogP contribution is -2.48. The number of H-pyrrole nitrogens is 2. The van der Waals surface area contributed by atoms with Crippen molar-refractivity contribution in [2.75, 3.05) is 18.8 Å². The van der Waals surface area contributed by atoms with E-state index in [2.05, 4.69) is 15.2 Å². The number of amides is 1. The van der Waals surface area contributed by atoms with E-state index in [0.29, 0.717) is 36.8 Å². The minimum atomic E-state index is -0.247. The van der Waals surface area contributed by atoms with Gasteiger partial charge >= 0.3 is 0 Å². The predicted octanol–water partition coefficient (Wildman–Crippen LogP) is 1.49. The first-order chi connectivity index (χ1) is 12.7. The number of aromatic nitrogens is 4. The highest BCUT2D eigenvalue weighted by Crippen LogP contribution is 2.43. The molecule has 8 heteroatoms. The molecule has 2 aromatic heterocycles. The summed E-state index contributed by atoms with van der Waals surface area (Å²) in [6.07, 6.45) is 3.38. The zero-order valence-corrected chi connectivity index (χ0v) is 16.1. The van der Waals surface area contributed by atoms with Gasteiger partial charge in [-0.25, -0.2) is 4.98 Å². The molecule has 4 rings (SSSR count). The SMILES string of the molecule is CC(C)(C)c1nc2c(c(=O)[nH]1)CCC21CCCN(C(=O)c2cc(N)n[nH]2)C1. The van der Waals surface area contributed by atoms with E-state index >= 15 is 0 Å². The highest BCUT2D eigenvalue weighted by atomic mass is 16.2. The number of hydrogen-bond acceptors (Lipinski definition) is 5. The zero-order chi connectivity index (χ0) is 19.4. The van der Waals surface area contributed by atoms with Crippen LogP contribution in [0.5, 0.6) is 0 Å². The largest absolute Gasteiger partial charge is 0.382 e. The molecule has 27 heavy (non-hydrogen) atoms. The van der Waals surface area contributed by atoms with E-state index < -0.39 is 0 Å². The summed E-state index contributed by atoms with van der Waals surface area (Å²) < 4.78 is 0. The van der Waals surface area contributed by atoms with Crippen LogP contribution in [0.1, 0.15) is 67.6 Å². The van der Waals surface area contributed by atoms with Gasteiger partial charge in [-0.1, -0.05) is 20.8 Å². The Hall–Kier alpha value is -2.64. The number of piperidine rings is 1. The second-order valence-electron chi connectivity index (χ2n) is 8.81. The number of aromatic amines is 2. The molecule has 2 aromatic rings. The monoisotopic (exact) mass is 370 g/mol. The summed E-state index contributed by atoms with van der Waals surface area (Å²) in [7, 11) is 0. The van der Waals surface area contributed by atoms with Crippen LogP contribution in [-0.4, -0.2) is 44.1 Å². The molecule has 1 fully saturated rings. The Morgan fingerprint density at radius 2 is 2.11 bits per heavy atom. The van der Waals surface area contributed by atoms with Crippen LogP contribution >= 0.6 is 0 Å². The number of nitrogen functional groups attached to an aromatic ring is 1. The minimum absolute atomic E-state index is 0.0356. The van der Waals surface area contributed by atoms with Gasteiger partial charge in [-0.3, -0.25) is 14.7 Å². The molecule has 1 aliphatic carbocycles. The molecule has 0 saturated carbocycles. The fourth-order valence-corrected chi connectivity index (χ4v) is 4.33. The fourth-order valence-electron chi connectivity index (χ4n) is 4.33. The summed E-state index contributed by atoms with van der Waals surface area (Å²) >= 11 is 0. The molecule has 0 aromatic carbocycles. The maximum Gasteiger partial charge on any atom is 0.271 e. The van der Waals surface area contributed by atoms with E-state index in [1.165, 1.54) is 0 Å². The molecular weight excluding hydrogens is 344 g/mol. The fraction of sp³-hybridized carbons (Fsp3) is 0.579. The van der Waals surface area contributed by atoms with Crippen molar-refractivity contribution in [3.63, 3.8) is 0 Å². The topological polar surface area (TPSA) is 121 Å². The smallest absolute Gasteiger partial charge is 0.271 e. The van der Waals surface area contributed by atoms with E-state index in [-0.39, 0.29) is 22.3 Å². The second-order valence-corrected chi connectivity index (χ2v) is 8.81. The number of carbonyl (C=O) groups is 1. The summed E-state index contributed by atoms with van der Waals surface area (Å²) in [6, 6.07) is 1.56. The van der Waals surface area contributed by atoms with Gasteiger partial charge in [0, 0.05) is 35.5 Å². The molecule has 1 aliphatic heterocycles. The van der Waals surface area contributed by atoms with E-state index in [4.69, 9.17) is 10.7 Å². The number of nitrogens with one attached hydrogen (secondary N) is 2. The third-order valence-electron chi connectivity index (χ3n) is 5.77. The third kappa shape index (κ3) is 2.93. The lowest BCUT2D eigenvalue weighted by atomic mass is 9.77. The van der Waals surface area contributed by atoms with Gasteiger partial charge in [0.1, 0.15) is 17.3 Å². The average molecular weight is 370 g/mol. The highest BCUT2D eigenvalue weighted by Gasteiger charge is 2.46. The van der Waals surface area contributed by atoms with Gasteiger partial charge in [-0.05, 0) is 25.7 Å². The van der Waals surface area contributed by atoms with Crippen molar-refractivity contribution in [3.8, 4) is 0 Å². The molecule has 1 saturated heterocycles. The van der Waals surface area contributed by atoms with E-state index in [9.17, 15) is 9.59 Å². The molecule has 4 N–H and O–H groups in total. The van der Waals surface area contributed by atoms with Crippen LogP contribution < -0.4 is 11.3 Å². The Morgan fingerprint density at radius 3 is 2.78 bits per heavy atom. The van der Waals surface area contributed by atoms with Crippen molar-refractivity contribution < 1.29 is 4.79 Å².